The fraction of sp³-hybridized carbons (Fsp3) is 0.900. The van der Waals surface area contributed by atoms with Crippen LogP contribution in [0.3, 0.4) is 0 Å². The lowest BCUT2D eigenvalue weighted by atomic mass is 10.2. The van der Waals surface area contributed by atoms with Gasteiger partial charge in [-0.05, 0) is 26.5 Å². The first-order chi connectivity index (χ1) is 6.61. The van der Waals surface area contributed by atoms with Gasteiger partial charge >= 0.3 is 0 Å². The maximum absolute atomic E-state index is 11.4. The maximum Gasteiger partial charge on any atom is 0.236 e. The van der Waals surface area contributed by atoms with Crippen molar-refractivity contribution >= 4 is 17.7 Å². The molecule has 0 aromatic carbocycles. The van der Waals surface area contributed by atoms with Crippen molar-refractivity contribution in [3.05, 3.63) is 0 Å². The first kappa shape index (κ1) is 13.8. The summed E-state index contributed by atoms with van der Waals surface area (Å²) in [6.07, 6.45) is 0. The molecule has 84 valence electrons. The number of nitrogens with one attached hydrogen (secondary N) is 2. The second-order valence-corrected chi connectivity index (χ2v) is 4.66. The quantitative estimate of drug-likeness (QED) is 0.675. The van der Waals surface area contributed by atoms with E-state index in [1.54, 1.807) is 0 Å². The average Bonchev–Trinajstić information content (AvgIpc) is 2.15. The lowest BCUT2D eigenvalue weighted by Gasteiger charge is -2.18. The molecule has 2 N–H and O–H groups in total. The summed E-state index contributed by atoms with van der Waals surface area (Å²) in [6, 6.07) is 0.292. The van der Waals surface area contributed by atoms with Crippen molar-refractivity contribution < 1.29 is 4.79 Å². The maximum atomic E-state index is 11.4. The predicted molar refractivity (Wildman–Crippen MR) is 63.7 cm³/mol. The third-order valence-electron chi connectivity index (χ3n) is 1.85. The first-order valence-electron chi connectivity index (χ1n) is 5.23. The molecule has 0 spiro atoms. The van der Waals surface area contributed by atoms with Crippen LogP contribution >= 0.6 is 11.8 Å². The van der Waals surface area contributed by atoms with Gasteiger partial charge in [0.1, 0.15) is 0 Å². The zero-order chi connectivity index (χ0) is 11.0. The van der Waals surface area contributed by atoms with Crippen LogP contribution in [0.1, 0.15) is 27.7 Å². The van der Waals surface area contributed by atoms with Gasteiger partial charge in [0.05, 0.1) is 6.04 Å². The molecule has 3 nitrogen and oxygen atoms in total. The fourth-order valence-corrected chi connectivity index (χ4v) is 1.86. The van der Waals surface area contributed by atoms with Gasteiger partial charge in [0, 0.05) is 18.3 Å². The topological polar surface area (TPSA) is 41.1 Å². The summed E-state index contributed by atoms with van der Waals surface area (Å²) in [6.45, 7) is 8.78. The molecular weight excluding hydrogens is 196 g/mol. The number of carbonyl (C=O) groups is 1. The Labute approximate surface area is 91.4 Å². The molecule has 4 heteroatoms. The van der Waals surface area contributed by atoms with Gasteiger partial charge in [-0.15, -0.1) is 0 Å². The fourth-order valence-electron chi connectivity index (χ4n) is 1.17. The Kier molecular flexibility index (Phi) is 7.99. The van der Waals surface area contributed by atoms with Crippen molar-refractivity contribution in [1.82, 2.24) is 10.6 Å². The molecule has 0 saturated heterocycles. The summed E-state index contributed by atoms with van der Waals surface area (Å²) in [5.41, 5.74) is 0. The Morgan fingerprint density at radius 2 is 2.00 bits per heavy atom. The minimum atomic E-state index is -0.0950. The zero-order valence-electron chi connectivity index (χ0n) is 9.59. The summed E-state index contributed by atoms with van der Waals surface area (Å²) in [5.74, 6) is 2.27. The molecule has 0 radical (unpaired) electrons. The molecule has 1 amide bonds. The summed E-state index contributed by atoms with van der Waals surface area (Å²) in [5, 5.41) is 6.06. The van der Waals surface area contributed by atoms with Crippen LogP contribution in [-0.4, -0.2) is 36.0 Å². The van der Waals surface area contributed by atoms with Crippen LogP contribution < -0.4 is 10.6 Å². The highest BCUT2D eigenvalue weighted by atomic mass is 32.2. The van der Waals surface area contributed by atoms with Gasteiger partial charge in [0.2, 0.25) is 5.91 Å². The number of thioether (sulfide) groups is 1. The van der Waals surface area contributed by atoms with Crippen molar-refractivity contribution in [3.8, 4) is 0 Å². The van der Waals surface area contributed by atoms with E-state index in [-0.39, 0.29) is 11.9 Å². The second-order valence-electron chi connectivity index (χ2n) is 3.34. The van der Waals surface area contributed by atoms with E-state index in [9.17, 15) is 4.79 Å². The molecule has 0 saturated carbocycles. The molecular formula is C10H22N2OS. The van der Waals surface area contributed by atoms with E-state index < -0.39 is 0 Å². The molecule has 0 aliphatic heterocycles. The molecule has 14 heavy (non-hydrogen) atoms. The van der Waals surface area contributed by atoms with Crippen molar-refractivity contribution in [3.63, 3.8) is 0 Å². The minimum absolute atomic E-state index is 0.0841. The zero-order valence-corrected chi connectivity index (χ0v) is 10.4. The van der Waals surface area contributed by atoms with Crippen LogP contribution in [0.15, 0.2) is 0 Å². The Morgan fingerprint density at radius 3 is 2.50 bits per heavy atom. The Hall–Kier alpha value is -0.220. The molecule has 0 bridgehead atoms. The standard InChI is InChI=1S/C10H22N2OS/c1-5-11-10(13)9(4)12-8(3)7-14-6-2/h8-9,12H,5-7H2,1-4H3,(H,11,13). The Balaban J connectivity index is 3.68. The van der Waals surface area contributed by atoms with Crippen LogP contribution in [-0.2, 0) is 4.79 Å². The van der Waals surface area contributed by atoms with Crippen LogP contribution in [0, 0.1) is 0 Å². The monoisotopic (exact) mass is 218 g/mol. The van der Waals surface area contributed by atoms with E-state index >= 15 is 0 Å². The number of rotatable bonds is 7. The van der Waals surface area contributed by atoms with Crippen LogP contribution in [0.4, 0.5) is 0 Å². The van der Waals surface area contributed by atoms with E-state index in [0.29, 0.717) is 12.6 Å². The van der Waals surface area contributed by atoms with E-state index in [0.717, 1.165) is 11.5 Å². The normalized spacial score (nSPS) is 14.9. The Morgan fingerprint density at radius 1 is 1.36 bits per heavy atom. The van der Waals surface area contributed by atoms with Crippen LogP contribution in [0.25, 0.3) is 0 Å². The number of carbonyl (C=O) groups excluding carboxylic acids is 1. The summed E-state index contributed by atoms with van der Waals surface area (Å²) >= 11 is 1.89. The molecule has 0 heterocycles. The lowest BCUT2D eigenvalue weighted by molar-refractivity contribution is -0.122. The molecule has 0 aromatic rings. The average molecular weight is 218 g/mol. The van der Waals surface area contributed by atoms with Gasteiger partial charge in [-0.2, -0.15) is 11.8 Å². The molecule has 2 unspecified atom stereocenters. The highest BCUT2D eigenvalue weighted by Gasteiger charge is 2.13. The molecule has 0 aliphatic carbocycles. The van der Waals surface area contributed by atoms with Gasteiger partial charge < -0.3 is 10.6 Å². The van der Waals surface area contributed by atoms with Crippen molar-refractivity contribution in [2.45, 2.75) is 39.8 Å². The van der Waals surface area contributed by atoms with E-state index in [1.807, 2.05) is 25.6 Å². The minimum Gasteiger partial charge on any atom is -0.355 e. The molecule has 0 fully saturated rings. The van der Waals surface area contributed by atoms with E-state index in [2.05, 4.69) is 24.5 Å². The predicted octanol–water partition coefficient (Wildman–Crippen LogP) is 1.24. The largest absolute Gasteiger partial charge is 0.355 e. The Bertz CT molecular complexity index is 164. The molecule has 2 atom stereocenters. The van der Waals surface area contributed by atoms with Gasteiger partial charge in [-0.1, -0.05) is 6.92 Å². The van der Waals surface area contributed by atoms with Crippen molar-refractivity contribution in [2.24, 2.45) is 0 Å². The van der Waals surface area contributed by atoms with Gasteiger partial charge in [-0.25, -0.2) is 0 Å². The van der Waals surface area contributed by atoms with E-state index in [4.69, 9.17) is 0 Å². The van der Waals surface area contributed by atoms with E-state index in [1.165, 1.54) is 0 Å². The van der Waals surface area contributed by atoms with Crippen LogP contribution in [0.2, 0.25) is 0 Å². The SMILES string of the molecule is CCNC(=O)C(C)NC(C)CSCC. The van der Waals surface area contributed by atoms with Crippen LogP contribution in [0.5, 0.6) is 0 Å². The summed E-state index contributed by atoms with van der Waals surface area (Å²) < 4.78 is 0. The summed E-state index contributed by atoms with van der Waals surface area (Å²) in [7, 11) is 0. The molecule has 0 rings (SSSR count). The number of amides is 1. The van der Waals surface area contributed by atoms with Crippen molar-refractivity contribution in [1.29, 1.82) is 0 Å². The van der Waals surface area contributed by atoms with Gasteiger partial charge in [-0.3, -0.25) is 4.79 Å². The molecule has 0 aliphatic rings. The summed E-state index contributed by atoms with van der Waals surface area (Å²) in [4.78, 5) is 11.4. The highest BCUT2D eigenvalue weighted by Crippen LogP contribution is 2.01. The van der Waals surface area contributed by atoms with Crippen molar-refractivity contribution in [2.75, 3.05) is 18.1 Å². The molecule has 0 aromatic heterocycles. The third-order valence-corrected chi connectivity index (χ3v) is 2.99. The highest BCUT2D eigenvalue weighted by molar-refractivity contribution is 7.99. The third kappa shape index (κ3) is 6.27. The smallest absolute Gasteiger partial charge is 0.236 e. The number of hydrogen-bond acceptors (Lipinski definition) is 3. The number of likely N-dealkylation sites (N-methyl/N-ethyl adjacent to an activating group) is 1. The second kappa shape index (κ2) is 8.12. The van der Waals surface area contributed by atoms with Gasteiger partial charge in [0.15, 0.2) is 0 Å². The lowest BCUT2D eigenvalue weighted by Crippen LogP contribution is -2.46. The number of hydrogen-bond donors (Lipinski definition) is 2. The van der Waals surface area contributed by atoms with Gasteiger partial charge in [0.25, 0.3) is 0 Å². The first-order valence-corrected chi connectivity index (χ1v) is 6.38.